The number of hydrogen-bond donors (Lipinski definition) is 1. The number of nitrogens with zero attached hydrogens (tertiary/aromatic N) is 2. The van der Waals surface area contributed by atoms with Crippen LogP contribution in [0, 0.1) is 0 Å². The summed E-state index contributed by atoms with van der Waals surface area (Å²) >= 11 is 1.47. The van der Waals surface area contributed by atoms with Gasteiger partial charge < -0.3 is 14.4 Å². The Kier molecular flexibility index (Phi) is 4.04. The summed E-state index contributed by atoms with van der Waals surface area (Å²) in [5.74, 6) is -0.524. The fourth-order valence-corrected chi connectivity index (χ4v) is 3.21. The van der Waals surface area contributed by atoms with E-state index in [1.165, 1.54) is 21.6 Å². The molecule has 2 amide bonds. The highest BCUT2D eigenvalue weighted by molar-refractivity contribution is 8.00. The van der Waals surface area contributed by atoms with E-state index in [-0.39, 0.29) is 11.4 Å². The molecule has 0 aromatic carbocycles. The van der Waals surface area contributed by atoms with E-state index < -0.39 is 12.0 Å². The zero-order chi connectivity index (χ0) is 14.0. The molecule has 1 saturated heterocycles. The molecule has 1 aromatic rings. The summed E-state index contributed by atoms with van der Waals surface area (Å²) in [6, 6.07) is 0.756. The smallest absolute Gasteiger partial charge is 0.327 e. The number of furan rings is 1. The second-order valence-electron chi connectivity index (χ2n) is 4.46. The number of carboxylic acid groups (broad SMARTS) is 1. The third-order valence-electron chi connectivity index (χ3n) is 3.06. The minimum Gasteiger partial charge on any atom is -0.480 e. The van der Waals surface area contributed by atoms with Crippen LogP contribution < -0.4 is 0 Å². The van der Waals surface area contributed by atoms with Crippen molar-refractivity contribution in [3.8, 4) is 0 Å². The fourth-order valence-electron chi connectivity index (χ4n) is 2.04. The molecule has 0 aliphatic carbocycles. The normalized spacial score (nSPS) is 22.5. The molecule has 104 valence electrons. The fraction of sp³-hybridized carbons (Fsp3) is 0.500. The van der Waals surface area contributed by atoms with E-state index in [0.717, 1.165) is 5.56 Å². The number of aliphatic carboxylic acids is 1. The van der Waals surface area contributed by atoms with Crippen LogP contribution in [-0.2, 0) is 11.3 Å². The highest BCUT2D eigenvalue weighted by Gasteiger charge is 2.40. The maximum Gasteiger partial charge on any atom is 0.327 e. The van der Waals surface area contributed by atoms with Crippen LogP contribution in [0.3, 0.4) is 0 Å². The minimum absolute atomic E-state index is 0.125. The SMILES string of the molecule is CC1SCC(C(=O)O)N1C(=O)N(C)Cc1ccoc1. The molecule has 1 N–H and O–H groups in total. The van der Waals surface area contributed by atoms with Gasteiger partial charge in [0.15, 0.2) is 0 Å². The molecule has 0 bridgehead atoms. The predicted molar refractivity (Wildman–Crippen MR) is 70.8 cm³/mol. The largest absolute Gasteiger partial charge is 0.480 e. The van der Waals surface area contributed by atoms with Gasteiger partial charge in [-0.25, -0.2) is 9.59 Å². The number of rotatable bonds is 3. The maximum atomic E-state index is 12.3. The lowest BCUT2D eigenvalue weighted by molar-refractivity contribution is -0.141. The van der Waals surface area contributed by atoms with E-state index in [1.54, 1.807) is 25.6 Å². The lowest BCUT2D eigenvalue weighted by Gasteiger charge is -2.29. The van der Waals surface area contributed by atoms with Crippen molar-refractivity contribution in [1.82, 2.24) is 9.80 Å². The van der Waals surface area contributed by atoms with Gasteiger partial charge in [-0.05, 0) is 13.0 Å². The Labute approximate surface area is 115 Å². The van der Waals surface area contributed by atoms with E-state index in [9.17, 15) is 9.59 Å². The summed E-state index contributed by atoms with van der Waals surface area (Å²) in [5.41, 5.74) is 0.877. The molecule has 0 saturated carbocycles. The summed E-state index contributed by atoms with van der Waals surface area (Å²) in [4.78, 5) is 26.4. The van der Waals surface area contributed by atoms with Crippen LogP contribution in [0.4, 0.5) is 4.79 Å². The quantitative estimate of drug-likeness (QED) is 0.914. The number of urea groups is 1. The van der Waals surface area contributed by atoms with Crippen LogP contribution in [0.5, 0.6) is 0 Å². The highest BCUT2D eigenvalue weighted by atomic mass is 32.2. The predicted octanol–water partition coefficient (Wildman–Crippen LogP) is 1.68. The van der Waals surface area contributed by atoms with Gasteiger partial charge in [-0.3, -0.25) is 4.90 Å². The van der Waals surface area contributed by atoms with Crippen molar-refractivity contribution in [3.05, 3.63) is 24.2 Å². The molecular weight excluding hydrogens is 268 g/mol. The average molecular weight is 284 g/mol. The Balaban J connectivity index is 2.06. The van der Waals surface area contributed by atoms with E-state index in [2.05, 4.69) is 0 Å². The summed E-state index contributed by atoms with van der Waals surface area (Å²) in [7, 11) is 1.66. The van der Waals surface area contributed by atoms with Gasteiger partial charge in [0.05, 0.1) is 24.4 Å². The Morgan fingerprint density at radius 3 is 2.95 bits per heavy atom. The molecule has 19 heavy (non-hydrogen) atoms. The molecule has 1 aliphatic rings. The first-order valence-corrected chi connectivity index (χ1v) is 6.94. The third-order valence-corrected chi connectivity index (χ3v) is 4.27. The van der Waals surface area contributed by atoms with Crippen molar-refractivity contribution >= 4 is 23.8 Å². The number of hydrogen-bond acceptors (Lipinski definition) is 4. The van der Waals surface area contributed by atoms with Gasteiger partial charge in [0.1, 0.15) is 6.04 Å². The second kappa shape index (κ2) is 5.56. The first-order valence-electron chi connectivity index (χ1n) is 5.89. The second-order valence-corrected chi connectivity index (χ2v) is 5.81. The van der Waals surface area contributed by atoms with E-state index in [1.807, 2.05) is 6.92 Å². The van der Waals surface area contributed by atoms with E-state index in [0.29, 0.717) is 12.3 Å². The monoisotopic (exact) mass is 284 g/mol. The Morgan fingerprint density at radius 1 is 1.63 bits per heavy atom. The Bertz CT molecular complexity index is 462. The van der Waals surface area contributed by atoms with Crippen LogP contribution in [0.15, 0.2) is 23.0 Å². The topological polar surface area (TPSA) is 74.0 Å². The number of carboxylic acids is 1. The van der Waals surface area contributed by atoms with Crippen molar-refractivity contribution in [2.45, 2.75) is 24.9 Å². The first kappa shape index (κ1) is 13.8. The van der Waals surface area contributed by atoms with Gasteiger partial charge in [-0.1, -0.05) is 0 Å². The molecule has 1 fully saturated rings. The first-order chi connectivity index (χ1) is 9.00. The van der Waals surface area contributed by atoms with Gasteiger partial charge in [0.25, 0.3) is 0 Å². The average Bonchev–Trinajstić information content (AvgIpc) is 2.97. The molecule has 2 heterocycles. The standard InChI is InChI=1S/C12H16N2O4S/c1-8-14(10(7-19-8)11(15)16)12(17)13(2)5-9-3-4-18-6-9/h3-4,6,8,10H,5,7H2,1-2H3,(H,15,16). The molecule has 1 aromatic heterocycles. The van der Waals surface area contributed by atoms with Crippen LogP contribution >= 0.6 is 11.8 Å². The van der Waals surface area contributed by atoms with Crippen LogP contribution in [0.25, 0.3) is 0 Å². The van der Waals surface area contributed by atoms with Crippen LogP contribution in [0.1, 0.15) is 12.5 Å². The molecule has 0 spiro atoms. The van der Waals surface area contributed by atoms with Gasteiger partial charge in [-0.2, -0.15) is 0 Å². The molecule has 0 radical (unpaired) electrons. The maximum absolute atomic E-state index is 12.3. The molecule has 2 rings (SSSR count). The van der Waals surface area contributed by atoms with Crippen molar-refractivity contribution in [3.63, 3.8) is 0 Å². The molecular formula is C12H16N2O4S. The van der Waals surface area contributed by atoms with Crippen LogP contribution in [0.2, 0.25) is 0 Å². The van der Waals surface area contributed by atoms with Crippen molar-refractivity contribution in [2.24, 2.45) is 0 Å². The van der Waals surface area contributed by atoms with Gasteiger partial charge in [0.2, 0.25) is 0 Å². The Morgan fingerprint density at radius 2 is 2.37 bits per heavy atom. The summed E-state index contributed by atoms with van der Waals surface area (Å²) in [6.45, 7) is 2.24. The van der Waals surface area contributed by atoms with E-state index >= 15 is 0 Å². The van der Waals surface area contributed by atoms with Crippen molar-refractivity contribution < 1.29 is 19.1 Å². The van der Waals surface area contributed by atoms with Crippen molar-refractivity contribution in [1.29, 1.82) is 0 Å². The number of carbonyl (C=O) groups excluding carboxylic acids is 1. The van der Waals surface area contributed by atoms with Crippen LogP contribution in [-0.4, -0.2) is 51.1 Å². The molecule has 2 atom stereocenters. The number of carbonyl (C=O) groups is 2. The summed E-state index contributed by atoms with van der Waals surface area (Å²) in [5, 5.41) is 9.02. The van der Waals surface area contributed by atoms with Crippen molar-refractivity contribution in [2.75, 3.05) is 12.8 Å². The Hall–Kier alpha value is -1.63. The van der Waals surface area contributed by atoms with E-state index in [4.69, 9.17) is 9.52 Å². The summed E-state index contributed by atoms with van der Waals surface area (Å²) in [6.07, 6.45) is 3.11. The molecule has 1 aliphatic heterocycles. The van der Waals surface area contributed by atoms with Gasteiger partial charge in [0, 0.05) is 18.4 Å². The molecule has 6 nitrogen and oxygen atoms in total. The lowest BCUT2D eigenvalue weighted by Crippen LogP contribution is -2.49. The van der Waals surface area contributed by atoms with Gasteiger partial charge in [-0.15, -0.1) is 11.8 Å². The minimum atomic E-state index is -0.957. The zero-order valence-electron chi connectivity index (χ0n) is 10.8. The highest BCUT2D eigenvalue weighted by Crippen LogP contribution is 2.29. The molecule has 7 heteroatoms. The zero-order valence-corrected chi connectivity index (χ0v) is 11.6. The molecule has 2 unspecified atom stereocenters. The third kappa shape index (κ3) is 2.86. The van der Waals surface area contributed by atoms with Gasteiger partial charge >= 0.3 is 12.0 Å². The summed E-state index contributed by atoms with van der Waals surface area (Å²) < 4.78 is 4.95. The number of thioether (sulfide) groups is 1. The lowest BCUT2D eigenvalue weighted by atomic mass is 10.3. The number of amides is 2.